The van der Waals surface area contributed by atoms with E-state index in [1.54, 1.807) is 14.2 Å². The zero-order valence-corrected chi connectivity index (χ0v) is 18.1. The van der Waals surface area contributed by atoms with Crippen molar-refractivity contribution in [1.29, 1.82) is 0 Å². The van der Waals surface area contributed by atoms with Crippen molar-refractivity contribution in [3.63, 3.8) is 0 Å². The van der Waals surface area contributed by atoms with Gasteiger partial charge in [0, 0.05) is 0 Å². The van der Waals surface area contributed by atoms with Gasteiger partial charge in [-0.1, -0.05) is 11.3 Å². The first-order valence-corrected chi connectivity index (χ1v) is 10.5. The number of hydrogen-bond donors (Lipinski definition) is 2. The Morgan fingerprint density at radius 1 is 1.24 bits per heavy atom. The van der Waals surface area contributed by atoms with E-state index < -0.39 is 0 Å². The molecule has 8 nitrogen and oxygen atoms in total. The van der Waals surface area contributed by atoms with Gasteiger partial charge in [0.15, 0.2) is 6.04 Å². The standard InChI is InChI=1S/C20H26N4O4S/c1-11-9-23(10-12(2)28-11)17(15-8-14(26-4)6-7-16(15)27-5)18-19(25)24-20(29-18)21-13(3)22-24/h6-8,11-12,17,25H,9-10H2,1-5H3/p+1/t11-,12+,17-/m1/s1. The molecule has 4 atom stereocenters. The fraction of sp³-hybridized carbons (Fsp3) is 0.500. The number of quaternary nitrogens is 1. The van der Waals surface area contributed by atoms with Crippen LogP contribution in [-0.4, -0.2) is 59.2 Å². The predicted molar refractivity (Wildman–Crippen MR) is 109 cm³/mol. The first-order valence-electron chi connectivity index (χ1n) is 9.68. The molecule has 1 aliphatic heterocycles. The van der Waals surface area contributed by atoms with E-state index in [1.165, 1.54) is 20.8 Å². The molecule has 0 saturated carbocycles. The summed E-state index contributed by atoms with van der Waals surface area (Å²) >= 11 is 1.46. The van der Waals surface area contributed by atoms with Crippen molar-refractivity contribution in [3.8, 4) is 17.4 Å². The summed E-state index contributed by atoms with van der Waals surface area (Å²) in [5.41, 5.74) is 0.958. The van der Waals surface area contributed by atoms with E-state index in [0.717, 1.165) is 35.0 Å². The quantitative estimate of drug-likeness (QED) is 0.654. The molecule has 1 unspecified atom stereocenters. The Morgan fingerprint density at radius 3 is 2.59 bits per heavy atom. The van der Waals surface area contributed by atoms with Crippen molar-refractivity contribution in [2.24, 2.45) is 0 Å². The Labute approximate surface area is 173 Å². The Morgan fingerprint density at radius 2 is 1.97 bits per heavy atom. The summed E-state index contributed by atoms with van der Waals surface area (Å²) in [5, 5.41) is 15.4. The molecule has 3 heterocycles. The Bertz CT molecular complexity index is 1010. The van der Waals surface area contributed by atoms with Crippen molar-refractivity contribution in [2.75, 3.05) is 27.3 Å². The molecule has 29 heavy (non-hydrogen) atoms. The van der Waals surface area contributed by atoms with Gasteiger partial charge in [-0.2, -0.15) is 4.52 Å². The zero-order chi connectivity index (χ0) is 20.7. The Balaban J connectivity index is 1.90. The van der Waals surface area contributed by atoms with Gasteiger partial charge >= 0.3 is 0 Å². The number of aryl methyl sites for hydroxylation is 1. The van der Waals surface area contributed by atoms with Gasteiger partial charge in [0.1, 0.15) is 47.5 Å². The average molecular weight is 420 g/mol. The molecule has 156 valence electrons. The van der Waals surface area contributed by atoms with Crippen LogP contribution in [0.25, 0.3) is 4.96 Å². The molecule has 3 aromatic rings. The first kappa shape index (κ1) is 19.9. The Kier molecular flexibility index (Phi) is 5.37. The first-order chi connectivity index (χ1) is 13.9. The summed E-state index contributed by atoms with van der Waals surface area (Å²) in [7, 11) is 3.31. The number of nitrogens with zero attached hydrogens (tertiary/aromatic N) is 3. The van der Waals surface area contributed by atoms with Crippen LogP contribution in [0, 0.1) is 6.92 Å². The monoisotopic (exact) mass is 419 g/mol. The second-order valence-corrected chi connectivity index (χ2v) is 8.52. The number of aromatic nitrogens is 3. The summed E-state index contributed by atoms with van der Waals surface area (Å²) in [6.07, 6.45) is 0.221. The maximum atomic E-state index is 11.0. The maximum absolute atomic E-state index is 11.0. The number of methoxy groups -OCH3 is 2. The van der Waals surface area contributed by atoms with Gasteiger partial charge in [-0.05, 0) is 39.0 Å². The van der Waals surface area contributed by atoms with Gasteiger partial charge in [-0.15, -0.1) is 5.10 Å². The number of ether oxygens (including phenoxy) is 3. The van der Waals surface area contributed by atoms with Crippen LogP contribution in [0.2, 0.25) is 0 Å². The molecule has 1 aliphatic rings. The topological polar surface area (TPSA) is 82.6 Å². The lowest BCUT2D eigenvalue weighted by Gasteiger charge is -2.37. The molecule has 1 fully saturated rings. The summed E-state index contributed by atoms with van der Waals surface area (Å²) in [6.45, 7) is 7.60. The van der Waals surface area contributed by atoms with Gasteiger partial charge in [0.25, 0.3) is 0 Å². The minimum absolute atomic E-state index is 0.111. The minimum Gasteiger partial charge on any atom is -0.497 e. The highest BCUT2D eigenvalue weighted by Gasteiger charge is 2.39. The summed E-state index contributed by atoms with van der Waals surface area (Å²) in [6, 6.07) is 5.61. The van der Waals surface area contributed by atoms with E-state index in [9.17, 15) is 5.11 Å². The van der Waals surface area contributed by atoms with Gasteiger partial charge in [-0.3, -0.25) is 0 Å². The van der Waals surface area contributed by atoms with E-state index in [-0.39, 0.29) is 24.1 Å². The van der Waals surface area contributed by atoms with E-state index in [4.69, 9.17) is 14.2 Å². The highest BCUT2D eigenvalue weighted by molar-refractivity contribution is 7.17. The fourth-order valence-electron chi connectivity index (χ4n) is 4.20. The number of morpholine rings is 1. The van der Waals surface area contributed by atoms with Crippen LogP contribution in [0.15, 0.2) is 18.2 Å². The predicted octanol–water partition coefficient (Wildman–Crippen LogP) is 1.60. The molecule has 0 radical (unpaired) electrons. The number of rotatable bonds is 5. The highest BCUT2D eigenvalue weighted by atomic mass is 32.1. The SMILES string of the molecule is COc1ccc(OC)c([C@H](c2sc3nc(C)nn3c2O)[NH+]2C[C@@H](C)O[C@@H](C)C2)c1. The smallest absolute Gasteiger partial charge is 0.235 e. The molecule has 2 aromatic heterocycles. The number of aromatic hydroxyl groups is 1. The largest absolute Gasteiger partial charge is 0.497 e. The number of fused-ring (bicyclic) bond motifs is 1. The molecule has 2 N–H and O–H groups in total. The zero-order valence-electron chi connectivity index (χ0n) is 17.3. The molecule has 1 saturated heterocycles. The summed E-state index contributed by atoms with van der Waals surface area (Å²) in [5.74, 6) is 2.26. The van der Waals surface area contributed by atoms with Gasteiger partial charge in [0.2, 0.25) is 10.8 Å². The number of hydrogen-bond acceptors (Lipinski definition) is 7. The lowest BCUT2D eigenvalue weighted by atomic mass is 10.00. The number of thiazole rings is 1. The molecule has 4 rings (SSSR count). The number of nitrogens with one attached hydrogen (secondary N) is 1. The lowest BCUT2D eigenvalue weighted by Crippen LogP contribution is -3.15. The molecule has 1 aromatic carbocycles. The maximum Gasteiger partial charge on any atom is 0.235 e. The normalized spacial score (nSPS) is 23.3. The fourth-order valence-corrected chi connectivity index (χ4v) is 5.38. The lowest BCUT2D eigenvalue weighted by molar-refractivity contribution is -0.939. The van der Waals surface area contributed by atoms with E-state index in [1.807, 2.05) is 25.1 Å². The van der Waals surface area contributed by atoms with Crippen LogP contribution >= 0.6 is 11.3 Å². The molecular weight excluding hydrogens is 392 g/mol. The molecule has 0 spiro atoms. The van der Waals surface area contributed by atoms with E-state index in [0.29, 0.717) is 10.8 Å². The van der Waals surface area contributed by atoms with Crippen LogP contribution in [0.4, 0.5) is 0 Å². The van der Waals surface area contributed by atoms with Crippen LogP contribution in [0.3, 0.4) is 0 Å². The van der Waals surface area contributed by atoms with Crippen molar-refractivity contribution in [1.82, 2.24) is 14.6 Å². The third-order valence-electron chi connectivity index (χ3n) is 5.29. The number of benzene rings is 1. The van der Waals surface area contributed by atoms with Crippen LogP contribution in [0.5, 0.6) is 17.4 Å². The van der Waals surface area contributed by atoms with Crippen molar-refractivity contribution >= 4 is 16.3 Å². The molecular formula is C20H27N4O4S+. The van der Waals surface area contributed by atoms with Gasteiger partial charge in [-0.25, -0.2) is 4.98 Å². The van der Waals surface area contributed by atoms with Crippen molar-refractivity contribution in [2.45, 2.75) is 39.0 Å². The highest BCUT2D eigenvalue weighted by Crippen LogP contribution is 2.39. The minimum atomic E-state index is -0.164. The van der Waals surface area contributed by atoms with Gasteiger partial charge < -0.3 is 24.2 Å². The van der Waals surface area contributed by atoms with Crippen LogP contribution in [0.1, 0.15) is 36.2 Å². The average Bonchev–Trinajstić information content (AvgIpc) is 3.18. The van der Waals surface area contributed by atoms with E-state index in [2.05, 4.69) is 23.9 Å². The van der Waals surface area contributed by atoms with E-state index >= 15 is 0 Å². The summed E-state index contributed by atoms with van der Waals surface area (Å²) in [4.78, 5) is 7.22. The molecule has 0 amide bonds. The third-order valence-corrected chi connectivity index (χ3v) is 6.37. The Hall–Kier alpha value is -2.36. The second-order valence-electron chi connectivity index (χ2n) is 7.51. The van der Waals surface area contributed by atoms with Crippen molar-refractivity contribution < 1.29 is 24.2 Å². The van der Waals surface area contributed by atoms with Crippen LogP contribution < -0.4 is 14.4 Å². The summed E-state index contributed by atoms with van der Waals surface area (Å²) < 4.78 is 18.7. The molecule has 0 bridgehead atoms. The molecule has 0 aliphatic carbocycles. The van der Waals surface area contributed by atoms with Crippen LogP contribution in [-0.2, 0) is 4.74 Å². The third kappa shape index (κ3) is 3.65. The second kappa shape index (κ2) is 7.81. The van der Waals surface area contributed by atoms with Gasteiger partial charge in [0.05, 0.1) is 19.8 Å². The molecule has 9 heteroatoms. The van der Waals surface area contributed by atoms with Crippen molar-refractivity contribution in [3.05, 3.63) is 34.5 Å².